The van der Waals surface area contributed by atoms with Crippen molar-refractivity contribution in [3.05, 3.63) is 35.5 Å². The van der Waals surface area contributed by atoms with Gasteiger partial charge in [0.25, 0.3) is 5.91 Å². The van der Waals surface area contributed by atoms with Crippen molar-refractivity contribution in [1.29, 1.82) is 0 Å². The van der Waals surface area contributed by atoms with Crippen LogP contribution in [-0.4, -0.2) is 46.5 Å². The molecular formula is C22H22F9N5O3. The summed E-state index contributed by atoms with van der Waals surface area (Å²) >= 11 is 0. The minimum atomic E-state index is -5.00. The fourth-order valence-corrected chi connectivity index (χ4v) is 4.09. The fourth-order valence-electron chi connectivity index (χ4n) is 4.09. The average Bonchev–Trinajstić information content (AvgIpc) is 3.05. The summed E-state index contributed by atoms with van der Waals surface area (Å²) < 4.78 is 119. The first kappa shape index (κ1) is 29.9. The highest BCUT2D eigenvalue weighted by Gasteiger charge is 2.42. The molecular weight excluding hydrogens is 553 g/mol. The van der Waals surface area contributed by atoms with Crippen molar-refractivity contribution in [1.82, 2.24) is 15.1 Å². The van der Waals surface area contributed by atoms with Crippen molar-refractivity contribution < 1.29 is 53.8 Å². The van der Waals surface area contributed by atoms with E-state index < -0.39 is 66.3 Å². The smallest absolute Gasteiger partial charge is 0.406 e. The number of hydrogen-bond donors (Lipinski definition) is 3. The van der Waals surface area contributed by atoms with E-state index in [1.165, 1.54) is 6.07 Å². The van der Waals surface area contributed by atoms with E-state index in [0.717, 1.165) is 25.1 Å². The summed E-state index contributed by atoms with van der Waals surface area (Å²) in [5.74, 6) is -3.75. The lowest BCUT2D eigenvalue weighted by Gasteiger charge is -2.30. The third-order valence-electron chi connectivity index (χ3n) is 5.85. The maximum absolute atomic E-state index is 13.0. The van der Waals surface area contributed by atoms with E-state index >= 15 is 0 Å². The van der Waals surface area contributed by atoms with E-state index in [-0.39, 0.29) is 37.1 Å². The number of anilines is 2. The second-order valence-corrected chi connectivity index (χ2v) is 8.80. The van der Waals surface area contributed by atoms with Crippen molar-refractivity contribution >= 4 is 23.4 Å². The predicted octanol–water partition coefficient (Wildman–Crippen LogP) is 6.15. The summed E-state index contributed by atoms with van der Waals surface area (Å²) in [4.78, 5) is 25.5. The molecule has 1 aromatic heterocycles. The SMILES string of the molecule is Cc1c(C(=O)NC2CCC(C(F)(F)F)CC2)c(NC(=O)Nc2cccc(OC(F)(F)F)c2)nn1CC(F)(F)F. The molecule has 0 saturated heterocycles. The Hall–Kier alpha value is -3.66. The van der Waals surface area contributed by atoms with Gasteiger partial charge in [-0.1, -0.05) is 6.07 Å². The molecule has 3 rings (SSSR count). The van der Waals surface area contributed by atoms with Crippen LogP contribution in [0.2, 0.25) is 0 Å². The Kier molecular flexibility index (Phi) is 8.60. The number of nitrogens with one attached hydrogen (secondary N) is 3. The van der Waals surface area contributed by atoms with Crippen LogP contribution >= 0.6 is 0 Å². The number of amides is 3. The molecule has 1 aliphatic rings. The van der Waals surface area contributed by atoms with Gasteiger partial charge in [0.1, 0.15) is 17.9 Å². The van der Waals surface area contributed by atoms with Crippen molar-refractivity contribution in [2.24, 2.45) is 5.92 Å². The molecule has 0 bridgehead atoms. The number of carbonyl (C=O) groups excluding carboxylic acids is 2. The van der Waals surface area contributed by atoms with Gasteiger partial charge in [-0.3, -0.25) is 14.8 Å². The van der Waals surface area contributed by atoms with Gasteiger partial charge >= 0.3 is 24.7 Å². The molecule has 8 nitrogen and oxygen atoms in total. The highest BCUT2D eigenvalue weighted by molar-refractivity contribution is 6.06. The standard InChI is InChI=1S/C22H22F9N5O3/c1-11-16(18(37)32-13-7-5-12(6-8-13)21(26,27)28)17(35-36(11)10-20(23,24)25)34-19(38)33-14-3-2-4-15(9-14)39-22(29,30)31/h2-4,9,12-13H,5-8,10H2,1H3,(H,32,37)(H2,33,34,35,38). The average molecular weight is 575 g/mol. The maximum atomic E-state index is 13.0. The molecule has 1 saturated carbocycles. The molecule has 39 heavy (non-hydrogen) atoms. The van der Waals surface area contributed by atoms with Crippen LogP contribution in [0.15, 0.2) is 24.3 Å². The first-order valence-corrected chi connectivity index (χ1v) is 11.4. The molecule has 0 atom stereocenters. The van der Waals surface area contributed by atoms with E-state index in [0.29, 0.717) is 4.68 Å². The third kappa shape index (κ3) is 8.68. The lowest BCUT2D eigenvalue weighted by atomic mass is 9.85. The van der Waals surface area contributed by atoms with E-state index in [2.05, 4.69) is 25.8 Å². The van der Waals surface area contributed by atoms with Crippen molar-refractivity contribution in [2.45, 2.75) is 63.9 Å². The number of hydrogen-bond acceptors (Lipinski definition) is 4. The molecule has 0 radical (unpaired) electrons. The highest BCUT2D eigenvalue weighted by atomic mass is 19.4. The Labute approximate surface area is 214 Å². The van der Waals surface area contributed by atoms with Crippen molar-refractivity contribution in [3.63, 3.8) is 0 Å². The van der Waals surface area contributed by atoms with Gasteiger partial charge in [-0.2, -0.15) is 31.4 Å². The number of halogens is 9. The minimum absolute atomic E-state index is 0.0226. The quantitative estimate of drug-likeness (QED) is 0.360. The summed E-state index contributed by atoms with van der Waals surface area (Å²) in [5, 5.41) is 10.4. The van der Waals surface area contributed by atoms with Crippen LogP contribution in [0, 0.1) is 12.8 Å². The van der Waals surface area contributed by atoms with Crippen LogP contribution in [-0.2, 0) is 6.54 Å². The Morgan fingerprint density at radius 2 is 1.64 bits per heavy atom. The number of rotatable bonds is 6. The molecule has 0 spiro atoms. The van der Waals surface area contributed by atoms with E-state index in [4.69, 9.17) is 0 Å². The van der Waals surface area contributed by atoms with Gasteiger partial charge in [0, 0.05) is 17.8 Å². The molecule has 216 valence electrons. The van der Waals surface area contributed by atoms with Gasteiger partial charge in [-0.25, -0.2) is 4.79 Å². The van der Waals surface area contributed by atoms with Gasteiger partial charge in [0.2, 0.25) is 0 Å². The van der Waals surface area contributed by atoms with Crippen LogP contribution in [0.5, 0.6) is 5.75 Å². The summed E-state index contributed by atoms with van der Waals surface area (Å²) in [6, 6.07) is 2.26. The number of nitrogens with zero attached hydrogens (tertiary/aromatic N) is 2. The Morgan fingerprint density at radius 3 is 2.21 bits per heavy atom. The first-order chi connectivity index (χ1) is 17.9. The molecule has 1 fully saturated rings. The van der Waals surface area contributed by atoms with Crippen LogP contribution in [0.4, 0.5) is 55.8 Å². The number of urea groups is 1. The van der Waals surface area contributed by atoms with E-state index in [9.17, 15) is 49.1 Å². The zero-order valence-corrected chi connectivity index (χ0v) is 20.0. The van der Waals surface area contributed by atoms with E-state index in [1.807, 2.05) is 0 Å². The number of alkyl halides is 9. The Bertz CT molecular complexity index is 1180. The summed E-state index contributed by atoms with van der Waals surface area (Å²) in [6.07, 6.45) is -14.7. The highest BCUT2D eigenvalue weighted by Crippen LogP contribution is 2.37. The number of benzene rings is 1. The zero-order valence-electron chi connectivity index (χ0n) is 20.0. The lowest BCUT2D eigenvalue weighted by Crippen LogP contribution is -2.40. The molecule has 0 unspecified atom stereocenters. The fraction of sp³-hybridized carbons (Fsp3) is 0.500. The minimum Gasteiger partial charge on any atom is -0.406 e. The van der Waals surface area contributed by atoms with Crippen molar-refractivity contribution in [3.8, 4) is 5.75 Å². The van der Waals surface area contributed by atoms with Gasteiger partial charge in [0.15, 0.2) is 5.82 Å². The Balaban J connectivity index is 1.77. The van der Waals surface area contributed by atoms with Gasteiger partial charge in [0.05, 0.1) is 11.6 Å². The van der Waals surface area contributed by atoms with Crippen molar-refractivity contribution in [2.75, 3.05) is 10.6 Å². The topological polar surface area (TPSA) is 97.3 Å². The zero-order chi connectivity index (χ0) is 29.2. The summed E-state index contributed by atoms with van der Waals surface area (Å²) in [6.45, 7) is -0.481. The largest absolute Gasteiger partial charge is 0.573 e. The normalized spacial score (nSPS) is 18.4. The molecule has 1 aromatic carbocycles. The van der Waals surface area contributed by atoms with Crippen LogP contribution in [0.25, 0.3) is 0 Å². The summed E-state index contributed by atoms with van der Waals surface area (Å²) in [5.41, 5.74) is -0.931. The number of aromatic nitrogens is 2. The molecule has 17 heteroatoms. The van der Waals surface area contributed by atoms with E-state index in [1.54, 1.807) is 0 Å². The van der Waals surface area contributed by atoms with Crippen LogP contribution in [0.3, 0.4) is 0 Å². The molecule has 3 amide bonds. The van der Waals surface area contributed by atoms with Crippen LogP contribution in [0.1, 0.15) is 41.7 Å². The monoisotopic (exact) mass is 575 g/mol. The molecule has 1 aliphatic carbocycles. The van der Waals surface area contributed by atoms with Gasteiger partial charge < -0.3 is 15.4 Å². The van der Waals surface area contributed by atoms with Crippen LogP contribution < -0.4 is 20.7 Å². The molecule has 2 aromatic rings. The molecule has 0 aliphatic heterocycles. The van der Waals surface area contributed by atoms with Gasteiger partial charge in [-0.05, 0) is 44.7 Å². The number of ether oxygens (including phenoxy) is 1. The Morgan fingerprint density at radius 1 is 1.00 bits per heavy atom. The second kappa shape index (κ2) is 11.2. The molecule has 1 heterocycles. The predicted molar refractivity (Wildman–Crippen MR) is 118 cm³/mol. The first-order valence-electron chi connectivity index (χ1n) is 11.4. The third-order valence-corrected chi connectivity index (χ3v) is 5.85. The van der Waals surface area contributed by atoms with Gasteiger partial charge in [-0.15, -0.1) is 13.2 Å². The number of carbonyl (C=O) groups is 2. The maximum Gasteiger partial charge on any atom is 0.573 e. The molecule has 3 N–H and O–H groups in total. The second-order valence-electron chi connectivity index (χ2n) is 8.80. The summed E-state index contributed by atoms with van der Waals surface area (Å²) in [7, 11) is 0. The lowest BCUT2D eigenvalue weighted by molar-refractivity contribution is -0.274.